The van der Waals surface area contributed by atoms with Crippen molar-refractivity contribution >= 4 is 11.9 Å². The number of hydrogen-bond donors (Lipinski definition) is 0. The van der Waals surface area contributed by atoms with Crippen molar-refractivity contribution in [1.29, 1.82) is 0 Å². The lowest BCUT2D eigenvalue weighted by atomic mass is 9.99. The lowest BCUT2D eigenvalue weighted by Crippen LogP contribution is -2.48. The van der Waals surface area contributed by atoms with Crippen molar-refractivity contribution in [2.45, 2.75) is 50.7 Å². The summed E-state index contributed by atoms with van der Waals surface area (Å²) < 4.78 is 0. The SMILES string of the molecule is CC(c1ccncc1)N1CCC(N2C(=O)[C@@H]3CCCN3C2=O)CC1. The van der Waals surface area contributed by atoms with Gasteiger partial charge in [0.1, 0.15) is 6.04 Å². The first kappa shape index (κ1) is 15.6. The molecule has 0 bridgehead atoms. The largest absolute Gasteiger partial charge is 0.327 e. The van der Waals surface area contributed by atoms with E-state index in [4.69, 9.17) is 0 Å². The maximum atomic E-state index is 12.6. The number of aromatic nitrogens is 1. The highest BCUT2D eigenvalue weighted by Crippen LogP contribution is 2.32. The van der Waals surface area contributed by atoms with Gasteiger partial charge in [0.05, 0.1) is 0 Å². The molecule has 1 unspecified atom stereocenters. The normalized spacial score (nSPS) is 27.0. The highest BCUT2D eigenvalue weighted by molar-refractivity contribution is 6.04. The molecule has 3 aliphatic heterocycles. The zero-order valence-corrected chi connectivity index (χ0v) is 14.1. The van der Waals surface area contributed by atoms with Crippen LogP contribution >= 0.6 is 0 Å². The second kappa shape index (κ2) is 6.16. The average molecular weight is 328 g/mol. The van der Waals surface area contributed by atoms with Crippen molar-refractivity contribution in [3.63, 3.8) is 0 Å². The van der Waals surface area contributed by atoms with Crippen LogP contribution in [0.15, 0.2) is 24.5 Å². The Morgan fingerprint density at radius 1 is 1.08 bits per heavy atom. The van der Waals surface area contributed by atoms with Crippen LogP contribution in [0.3, 0.4) is 0 Å². The van der Waals surface area contributed by atoms with Crippen LogP contribution in [0.5, 0.6) is 0 Å². The summed E-state index contributed by atoms with van der Waals surface area (Å²) in [5.74, 6) is 0.0399. The minimum Gasteiger partial charge on any atom is -0.312 e. The number of urea groups is 1. The van der Waals surface area contributed by atoms with Crippen LogP contribution in [-0.4, -0.2) is 63.3 Å². The molecular formula is C18H24N4O2. The fraction of sp³-hybridized carbons (Fsp3) is 0.611. The molecular weight excluding hydrogens is 304 g/mol. The average Bonchev–Trinajstić information content (AvgIpc) is 3.20. The molecule has 3 fully saturated rings. The molecule has 0 saturated carbocycles. The van der Waals surface area contributed by atoms with Crippen LogP contribution in [-0.2, 0) is 4.79 Å². The van der Waals surface area contributed by atoms with Crippen LogP contribution < -0.4 is 0 Å². The maximum Gasteiger partial charge on any atom is 0.327 e. The highest BCUT2D eigenvalue weighted by Gasteiger charge is 2.50. The molecule has 3 amide bonds. The van der Waals surface area contributed by atoms with Gasteiger partial charge in [0.15, 0.2) is 0 Å². The van der Waals surface area contributed by atoms with Crippen molar-refractivity contribution in [3.8, 4) is 0 Å². The first-order valence-electron chi connectivity index (χ1n) is 8.94. The summed E-state index contributed by atoms with van der Waals surface area (Å²) in [4.78, 5) is 35.0. The van der Waals surface area contributed by atoms with Gasteiger partial charge in [-0.1, -0.05) is 0 Å². The number of nitrogens with zero attached hydrogens (tertiary/aromatic N) is 4. The van der Waals surface area contributed by atoms with Gasteiger partial charge in [-0.25, -0.2) is 4.79 Å². The minimum absolute atomic E-state index is 0.0399. The van der Waals surface area contributed by atoms with Gasteiger partial charge in [0.2, 0.25) is 0 Å². The van der Waals surface area contributed by atoms with Crippen LogP contribution in [0.25, 0.3) is 0 Å². The topological polar surface area (TPSA) is 56.8 Å². The summed E-state index contributed by atoms with van der Waals surface area (Å²) in [6.45, 7) is 4.77. The summed E-state index contributed by atoms with van der Waals surface area (Å²) in [5.41, 5.74) is 1.26. The van der Waals surface area contributed by atoms with E-state index in [1.165, 1.54) is 5.56 Å². The van der Waals surface area contributed by atoms with Crippen LogP contribution in [0.4, 0.5) is 4.79 Å². The Balaban J connectivity index is 1.40. The highest BCUT2D eigenvalue weighted by atomic mass is 16.2. The van der Waals surface area contributed by atoms with Gasteiger partial charge in [0.25, 0.3) is 5.91 Å². The predicted molar refractivity (Wildman–Crippen MR) is 89.2 cm³/mol. The lowest BCUT2D eigenvalue weighted by molar-refractivity contribution is -0.130. The molecule has 0 aliphatic carbocycles. The fourth-order valence-electron chi connectivity index (χ4n) is 4.37. The second-order valence-electron chi connectivity index (χ2n) is 7.07. The number of amides is 3. The van der Waals surface area contributed by atoms with Gasteiger partial charge in [-0.3, -0.25) is 19.6 Å². The number of hydrogen-bond acceptors (Lipinski definition) is 4. The molecule has 1 aromatic heterocycles. The Morgan fingerprint density at radius 3 is 2.46 bits per heavy atom. The van der Waals surface area contributed by atoms with Gasteiger partial charge in [-0.05, 0) is 50.3 Å². The Kier molecular flexibility index (Phi) is 4.00. The van der Waals surface area contributed by atoms with E-state index in [2.05, 4.69) is 28.9 Å². The standard InChI is InChI=1S/C18H24N4O2/c1-13(14-4-8-19-9-5-14)20-11-6-15(7-12-20)22-17(23)16-3-2-10-21(16)18(22)24/h4-5,8-9,13,15-16H,2-3,6-7,10-12H2,1H3/t13?,16-/m0/s1. The Morgan fingerprint density at radius 2 is 1.79 bits per heavy atom. The molecule has 6 heteroatoms. The summed E-state index contributed by atoms with van der Waals surface area (Å²) >= 11 is 0. The summed E-state index contributed by atoms with van der Waals surface area (Å²) in [7, 11) is 0. The van der Waals surface area contributed by atoms with Crippen LogP contribution in [0.2, 0.25) is 0 Å². The molecule has 0 N–H and O–H groups in total. The molecule has 0 radical (unpaired) electrons. The maximum absolute atomic E-state index is 12.6. The predicted octanol–water partition coefficient (Wildman–Crippen LogP) is 2.03. The Hall–Kier alpha value is -1.95. The molecule has 128 valence electrons. The third kappa shape index (κ3) is 2.49. The van der Waals surface area contributed by atoms with E-state index in [0.717, 1.165) is 45.3 Å². The van der Waals surface area contributed by atoms with E-state index in [9.17, 15) is 9.59 Å². The number of imide groups is 1. The van der Waals surface area contributed by atoms with Crippen molar-refractivity contribution in [1.82, 2.24) is 19.7 Å². The van der Waals surface area contributed by atoms with Crippen molar-refractivity contribution in [3.05, 3.63) is 30.1 Å². The molecule has 1 aromatic rings. The first-order valence-corrected chi connectivity index (χ1v) is 8.94. The van der Waals surface area contributed by atoms with E-state index >= 15 is 0 Å². The zero-order valence-electron chi connectivity index (χ0n) is 14.1. The third-order valence-electron chi connectivity index (χ3n) is 5.83. The molecule has 0 spiro atoms. The Labute approximate surface area is 142 Å². The smallest absolute Gasteiger partial charge is 0.312 e. The van der Waals surface area contributed by atoms with Gasteiger partial charge in [-0.15, -0.1) is 0 Å². The van der Waals surface area contributed by atoms with Gasteiger partial charge >= 0.3 is 6.03 Å². The van der Waals surface area contributed by atoms with E-state index in [0.29, 0.717) is 6.04 Å². The van der Waals surface area contributed by atoms with Gasteiger partial charge < -0.3 is 4.90 Å². The quantitative estimate of drug-likeness (QED) is 0.797. The Bertz CT molecular complexity index is 605. The number of likely N-dealkylation sites (tertiary alicyclic amines) is 1. The van der Waals surface area contributed by atoms with E-state index < -0.39 is 0 Å². The molecule has 3 saturated heterocycles. The van der Waals surface area contributed by atoms with Crippen molar-refractivity contribution < 1.29 is 9.59 Å². The minimum atomic E-state index is -0.175. The van der Waals surface area contributed by atoms with Gasteiger partial charge in [-0.2, -0.15) is 0 Å². The molecule has 0 aromatic carbocycles. The number of carbonyl (C=O) groups is 2. The summed E-state index contributed by atoms with van der Waals surface area (Å²) in [6, 6.07) is 4.28. The molecule has 6 nitrogen and oxygen atoms in total. The van der Waals surface area contributed by atoms with Crippen molar-refractivity contribution in [2.75, 3.05) is 19.6 Å². The van der Waals surface area contributed by atoms with Crippen LogP contribution in [0, 0.1) is 0 Å². The zero-order chi connectivity index (χ0) is 16.7. The number of fused-ring (bicyclic) bond motifs is 1. The van der Waals surface area contributed by atoms with E-state index in [1.54, 1.807) is 9.80 Å². The first-order chi connectivity index (χ1) is 11.7. The van der Waals surface area contributed by atoms with Crippen molar-refractivity contribution in [2.24, 2.45) is 0 Å². The molecule has 24 heavy (non-hydrogen) atoms. The van der Waals surface area contributed by atoms with Crippen LogP contribution in [0.1, 0.15) is 44.2 Å². The molecule has 4 rings (SSSR count). The lowest BCUT2D eigenvalue weighted by Gasteiger charge is -2.38. The fourth-order valence-corrected chi connectivity index (χ4v) is 4.37. The summed E-state index contributed by atoms with van der Waals surface area (Å²) in [5, 5.41) is 0. The monoisotopic (exact) mass is 328 g/mol. The third-order valence-corrected chi connectivity index (χ3v) is 5.83. The van der Waals surface area contributed by atoms with E-state index in [1.807, 2.05) is 12.4 Å². The number of piperidine rings is 1. The second-order valence-corrected chi connectivity index (χ2v) is 7.07. The molecule has 4 heterocycles. The number of rotatable bonds is 3. The number of carbonyl (C=O) groups excluding carboxylic acids is 2. The van der Waals surface area contributed by atoms with E-state index in [-0.39, 0.29) is 24.0 Å². The summed E-state index contributed by atoms with van der Waals surface area (Å²) in [6.07, 6.45) is 7.18. The van der Waals surface area contributed by atoms with Gasteiger partial charge in [0, 0.05) is 44.1 Å². The molecule has 3 aliphatic rings. The molecule has 2 atom stereocenters. The number of pyridine rings is 1.